The topological polar surface area (TPSA) is 127 Å². The Kier molecular flexibility index (Phi) is 8.92. The minimum atomic E-state index is -0.959. The minimum absolute atomic E-state index is 0.234. The van der Waals surface area contributed by atoms with Gasteiger partial charge in [-0.3, -0.25) is 4.79 Å². The third-order valence-electron chi connectivity index (χ3n) is 7.48. The average molecular weight is 578 g/mol. The number of hydrogen-bond acceptors (Lipinski definition) is 5. The number of nitrogens with zero attached hydrogens (tertiary/aromatic N) is 3. The predicted octanol–water partition coefficient (Wildman–Crippen LogP) is 5.43. The summed E-state index contributed by atoms with van der Waals surface area (Å²) in [5, 5.41) is 14.3. The number of para-hydroxylation sites is 2. The standard InChI is InChI=1S/C25H30N6O2.C9H9N/c1-25(2,26)24(32)28-15-23-30-29-22(31(23)16-17-8-11-19(33-3)12-9-17)13-10-18-14-27-21-7-5-4-6-20(18)21;1-7-6-10-9-5-3-2-4-8(7)9/h4-9,11-12,14,27H,10,13,15-16,26H2,1-3H3,(H,28,32);2-6,10H,1H3. The number of ether oxygens (including phenoxy) is 1. The van der Waals surface area contributed by atoms with Crippen molar-refractivity contribution < 1.29 is 9.53 Å². The number of aromatic amines is 2. The number of rotatable bonds is 9. The average Bonchev–Trinajstić information content (AvgIpc) is 3.72. The van der Waals surface area contributed by atoms with Crippen LogP contribution >= 0.6 is 0 Å². The summed E-state index contributed by atoms with van der Waals surface area (Å²) in [6, 6.07) is 24.5. The molecule has 1 amide bonds. The molecular weight excluding hydrogens is 538 g/mol. The van der Waals surface area contributed by atoms with Crippen LogP contribution in [0.2, 0.25) is 0 Å². The van der Waals surface area contributed by atoms with Crippen LogP contribution in [0.5, 0.6) is 5.75 Å². The SMILES string of the molecule is COc1ccc(Cn2c(CCc3c[nH]c4ccccc34)nnc2CNC(=O)C(C)(C)N)cc1.Cc1c[nH]c2ccccc12. The van der Waals surface area contributed by atoms with Crippen LogP contribution in [0.15, 0.2) is 85.2 Å². The zero-order valence-electron chi connectivity index (χ0n) is 25.1. The fraction of sp³-hybridized carbons (Fsp3) is 0.265. The summed E-state index contributed by atoms with van der Waals surface area (Å²) >= 11 is 0. The van der Waals surface area contributed by atoms with Crippen LogP contribution in [0.25, 0.3) is 21.8 Å². The van der Waals surface area contributed by atoms with E-state index in [1.807, 2.05) is 48.7 Å². The van der Waals surface area contributed by atoms with E-state index in [1.54, 1.807) is 21.0 Å². The van der Waals surface area contributed by atoms with E-state index in [2.05, 4.69) is 73.5 Å². The molecule has 3 heterocycles. The van der Waals surface area contributed by atoms with Crippen LogP contribution in [0.3, 0.4) is 0 Å². The van der Waals surface area contributed by atoms with Gasteiger partial charge in [0.05, 0.1) is 25.7 Å². The molecule has 0 aliphatic heterocycles. The lowest BCUT2D eigenvalue weighted by molar-refractivity contribution is -0.125. The number of aromatic nitrogens is 5. The molecular formula is C34H39N7O2. The molecule has 43 heavy (non-hydrogen) atoms. The zero-order chi connectivity index (χ0) is 30.4. The Labute approximate surface area is 251 Å². The second-order valence-corrected chi connectivity index (χ2v) is 11.2. The second kappa shape index (κ2) is 13.0. The Hall–Kier alpha value is -4.89. The largest absolute Gasteiger partial charge is 0.497 e. The van der Waals surface area contributed by atoms with Crippen molar-refractivity contribution in [3.05, 3.63) is 114 Å². The first-order valence-corrected chi connectivity index (χ1v) is 14.4. The highest BCUT2D eigenvalue weighted by Crippen LogP contribution is 2.20. The number of aryl methyl sites for hydroxylation is 3. The van der Waals surface area contributed by atoms with Crippen LogP contribution in [0.4, 0.5) is 0 Å². The number of H-pyrrole nitrogens is 2. The fourth-order valence-electron chi connectivity index (χ4n) is 4.97. The van der Waals surface area contributed by atoms with Gasteiger partial charge >= 0.3 is 0 Å². The number of hydrogen-bond donors (Lipinski definition) is 4. The number of methoxy groups -OCH3 is 1. The number of carbonyl (C=O) groups excluding carboxylic acids is 1. The van der Waals surface area contributed by atoms with E-state index < -0.39 is 5.54 Å². The van der Waals surface area contributed by atoms with Crippen LogP contribution in [0.1, 0.15) is 42.2 Å². The molecule has 0 spiro atoms. The molecule has 0 unspecified atom stereocenters. The Balaban J connectivity index is 0.000000308. The summed E-state index contributed by atoms with van der Waals surface area (Å²) in [6.07, 6.45) is 5.64. The molecule has 0 radical (unpaired) electrons. The minimum Gasteiger partial charge on any atom is -0.497 e. The fourth-order valence-corrected chi connectivity index (χ4v) is 4.97. The van der Waals surface area contributed by atoms with Gasteiger partial charge in [-0.05, 0) is 68.1 Å². The van der Waals surface area contributed by atoms with Crippen molar-refractivity contribution in [1.29, 1.82) is 0 Å². The van der Waals surface area contributed by atoms with Gasteiger partial charge in [0.1, 0.15) is 11.6 Å². The van der Waals surface area contributed by atoms with Crippen molar-refractivity contribution >= 4 is 27.7 Å². The van der Waals surface area contributed by atoms with E-state index >= 15 is 0 Å². The Bertz CT molecular complexity index is 1810. The van der Waals surface area contributed by atoms with Crippen LogP contribution in [0, 0.1) is 6.92 Å². The van der Waals surface area contributed by atoms with E-state index in [0.717, 1.165) is 35.5 Å². The third kappa shape index (κ3) is 7.13. The van der Waals surface area contributed by atoms with Gasteiger partial charge < -0.3 is 30.3 Å². The lowest BCUT2D eigenvalue weighted by atomic mass is 10.1. The summed E-state index contributed by atoms with van der Waals surface area (Å²) in [4.78, 5) is 18.8. The molecule has 0 aliphatic rings. The van der Waals surface area contributed by atoms with E-state index in [-0.39, 0.29) is 12.5 Å². The van der Waals surface area contributed by atoms with Crippen molar-refractivity contribution in [1.82, 2.24) is 30.0 Å². The highest BCUT2D eigenvalue weighted by molar-refractivity contribution is 5.85. The molecule has 0 bridgehead atoms. The Morgan fingerprint density at radius 3 is 2.19 bits per heavy atom. The lowest BCUT2D eigenvalue weighted by Crippen LogP contribution is -2.49. The summed E-state index contributed by atoms with van der Waals surface area (Å²) in [6.45, 7) is 6.32. The van der Waals surface area contributed by atoms with Gasteiger partial charge in [-0.15, -0.1) is 10.2 Å². The Morgan fingerprint density at radius 1 is 0.884 bits per heavy atom. The number of carbonyl (C=O) groups is 1. The van der Waals surface area contributed by atoms with Crippen molar-refractivity contribution in [2.24, 2.45) is 5.73 Å². The van der Waals surface area contributed by atoms with Gasteiger partial charge in [0.2, 0.25) is 5.91 Å². The molecule has 0 atom stereocenters. The zero-order valence-corrected chi connectivity index (χ0v) is 25.1. The van der Waals surface area contributed by atoms with Gasteiger partial charge in [-0.2, -0.15) is 0 Å². The van der Waals surface area contributed by atoms with Gasteiger partial charge in [0.15, 0.2) is 5.82 Å². The molecule has 3 aromatic heterocycles. The van der Waals surface area contributed by atoms with E-state index in [1.165, 1.54) is 27.4 Å². The molecule has 0 fully saturated rings. The maximum Gasteiger partial charge on any atom is 0.239 e. The molecule has 0 aliphatic carbocycles. The molecule has 3 aromatic carbocycles. The molecule has 9 nitrogen and oxygen atoms in total. The van der Waals surface area contributed by atoms with Gasteiger partial charge in [-0.25, -0.2) is 0 Å². The number of nitrogens with one attached hydrogen (secondary N) is 3. The monoisotopic (exact) mass is 577 g/mol. The van der Waals surface area contributed by atoms with Gasteiger partial charge in [-0.1, -0.05) is 48.5 Å². The van der Waals surface area contributed by atoms with Crippen LogP contribution in [-0.4, -0.2) is 43.3 Å². The van der Waals surface area contributed by atoms with Crippen molar-refractivity contribution in [2.75, 3.05) is 7.11 Å². The summed E-state index contributed by atoms with van der Waals surface area (Å²) in [5.74, 6) is 2.13. The van der Waals surface area contributed by atoms with E-state index in [0.29, 0.717) is 12.4 Å². The first-order chi connectivity index (χ1) is 20.7. The summed E-state index contributed by atoms with van der Waals surface area (Å²) in [7, 11) is 1.65. The number of amides is 1. The van der Waals surface area contributed by atoms with Crippen molar-refractivity contribution in [2.45, 2.75) is 52.2 Å². The molecule has 222 valence electrons. The molecule has 9 heteroatoms. The van der Waals surface area contributed by atoms with Crippen LogP contribution < -0.4 is 15.8 Å². The lowest BCUT2D eigenvalue weighted by Gasteiger charge is -2.18. The molecule has 6 rings (SSSR count). The molecule has 0 saturated carbocycles. The normalized spacial score (nSPS) is 11.4. The van der Waals surface area contributed by atoms with Crippen molar-refractivity contribution in [3.8, 4) is 5.75 Å². The van der Waals surface area contributed by atoms with E-state index in [4.69, 9.17) is 10.5 Å². The first-order valence-electron chi connectivity index (χ1n) is 14.4. The predicted molar refractivity (Wildman–Crippen MR) is 171 cm³/mol. The number of benzene rings is 3. The second-order valence-electron chi connectivity index (χ2n) is 11.2. The molecule has 5 N–H and O–H groups in total. The maximum absolute atomic E-state index is 12.3. The molecule has 6 aromatic rings. The summed E-state index contributed by atoms with van der Waals surface area (Å²) in [5.41, 5.74) is 11.0. The smallest absolute Gasteiger partial charge is 0.239 e. The first kappa shape index (κ1) is 29.6. The molecule has 0 saturated heterocycles. The van der Waals surface area contributed by atoms with Gasteiger partial charge in [0, 0.05) is 40.6 Å². The Morgan fingerprint density at radius 2 is 1.51 bits per heavy atom. The summed E-state index contributed by atoms with van der Waals surface area (Å²) < 4.78 is 7.34. The maximum atomic E-state index is 12.3. The van der Waals surface area contributed by atoms with Gasteiger partial charge in [0.25, 0.3) is 0 Å². The van der Waals surface area contributed by atoms with E-state index in [9.17, 15) is 4.79 Å². The number of fused-ring (bicyclic) bond motifs is 2. The van der Waals surface area contributed by atoms with Crippen LogP contribution in [-0.2, 0) is 30.7 Å². The third-order valence-corrected chi connectivity index (χ3v) is 7.48. The van der Waals surface area contributed by atoms with Crippen molar-refractivity contribution in [3.63, 3.8) is 0 Å². The highest BCUT2D eigenvalue weighted by atomic mass is 16.5. The number of nitrogens with two attached hydrogens (primary N) is 1. The quantitative estimate of drug-likeness (QED) is 0.182. The highest BCUT2D eigenvalue weighted by Gasteiger charge is 2.22.